The number of hydrogen-bond donors (Lipinski definition) is 1. The fourth-order valence-electron chi connectivity index (χ4n) is 5.81. The minimum Gasteiger partial charge on any atom is -0.497 e. The van der Waals surface area contributed by atoms with E-state index in [1.807, 2.05) is 0 Å². The van der Waals surface area contributed by atoms with Crippen molar-refractivity contribution in [1.82, 2.24) is 5.32 Å². The van der Waals surface area contributed by atoms with Crippen molar-refractivity contribution in [3.05, 3.63) is 29.8 Å². The summed E-state index contributed by atoms with van der Waals surface area (Å²) in [6, 6.07) is 6.74. The zero-order chi connectivity index (χ0) is 18.1. The molecule has 140 valence electrons. The molecule has 1 aromatic carbocycles. The highest BCUT2D eigenvalue weighted by Gasteiger charge is 2.50. The molecule has 4 aliphatic carbocycles. The summed E-state index contributed by atoms with van der Waals surface area (Å²) < 4.78 is 10.3. The van der Waals surface area contributed by atoms with E-state index in [1.165, 1.54) is 38.5 Å². The number of hydrogen-bond acceptors (Lipinski definition) is 4. The molecule has 1 aromatic rings. The van der Waals surface area contributed by atoms with Gasteiger partial charge in [-0.1, -0.05) is 6.07 Å². The first-order chi connectivity index (χ1) is 12.5. The van der Waals surface area contributed by atoms with Crippen molar-refractivity contribution in [2.45, 2.75) is 38.5 Å². The Labute approximate surface area is 154 Å². The van der Waals surface area contributed by atoms with Crippen LogP contribution >= 0.6 is 0 Å². The first-order valence-corrected chi connectivity index (χ1v) is 9.63. The molecule has 5 nitrogen and oxygen atoms in total. The van der Waals surface area contributed by atoms with Crippen LogP contribution in [0.1, 0.15) is 48.9 Å². The van der Waals surface area contributed by atoms with Crippen molar-refractivity contribution in [2.24, 2.45) is 23.2 Å². The van der Waals surface area contributed by atoms with E-state index in [9.17, 15) is 9.59 Å². The molecule has 0 aliphatic heterocycles. The van der Waals surface area contributed by atoms with Gasteiger partial charge in [0.15, 0.2) is 6.61 Å². The molecule has 5 rings (SSSR count). The van der Waals surface area contributed by atoms with Gasteiger partial charge in [0.2, 0.25) is 0 Å². The zero-order valence-corrected chi connectivity index (χ0v) is 15.3. The molecular formula is C21H27NO4. The Morgan fingerprint density at radius 2 is 1.77 bits per heavy atom. The average Bonchev–Trinajstić information content (AvgIpc) is 2.63. The van der Waals surface area contributed by atoms with Crippen LogP contribution < -0.4 is 10.1 Å². The van der Waals surface area contributed by atoms with E-state index in [1.54, 1.807) is 31.4 Å². The van der Waals surface area contributed by atoms with Gasteiger partial charge >= 0.3 is 5.97 Å². The van der Waals surface area contributed by atoms with E-state index in [0.29, 0.717) is 16.7 Å². The molecule has 0 unspecified atom stereocenters. The van der Waals surface area contributed by atoms with Crippen LogP contribution in [0.25, 0.3) is 0 Å². The van der Waals surface area contributed by atoms with Gasteiger partial charge in [0, 0.05) is 6.54 Å². The predicted octanol–water partition coefficient (Wildman–Crippen LogP) is 3.18. The topological polar surface area (TPSA) is 64.6 Å². The second-order valence-electron chi connectivity index (χ2n) is 8.50. The van der Waals surface area contributed by atoms with Crippen LogP contribution in [0.5, 0.6) is 5.75 Å². The number of ether oxygens (including phenoxy) is 2. The fraction of sp³-hybridized carbons (Fsp3) is 0.619. The van der Waals surface area contributed by atoms with Gasteiger partial charge in [-0.2, -0.15) is 0 Å². The summed E-state index contributed by atoms with van der Waals surface area (Å²) in [6.07, 6.45) is 7.94. The molecule has 4 fully saturated rings. The van der Waals surface area contributed by atoms with E-state index < -0.39 is 5.97 Å². The minimum atomic E-state index is -0.506. The minimum absolute atomic E-state index is 0.211. The van der Waals surface area contributed by atoms with Gasteiger partial charge in [-0.3, -0.25) is 4.79 Å². The summed E-state index contributed by atoms with van der Waals surface area (Å²) in [6.45, 7) is 0.494. The molecule has 4 saturated carbocycles. The van der Waals surface area contributed by atoms with Crippen LogP contribution in [0.15, 0.2) is 24.3 Å². The normalized spacial score (nSPS) is 31.5. The van der Waals surface area contributed by atoms with Gasteiger partial charge in [-0.25, -0.2) is 4.79 Å². The number of methoxy groups -OCH3 is 1. The highest BCUT2D eigenvalue weighted by molar-refractivity contribution is 5.91. The van der Waals surface area contributed by atoms with E-state index in [0.717, 1.165) is 24.3 Å². The lowest BCUT2D eigenvalue weighted by Gasteiger charge is -2.56. The number of carbonyl (C=O) groups excluding carboxylic acids is 2. The van der Waals surface area contributed by atoms with Crippen LogP contribution in [0.4, 0.5) is 0 Å². The third-order valence-electron chi connectivity index (χ3n) is 6.47. The number of benzene rings is 1. The molecule has 0 atom stereocenters. The molecule has 26 heavy (non-hydrogen) atoms. The zero-order valence-electron chi connectivity index (χ0n) is 15.3. The number of esters is 1. The van der Waals surface area contributed by atoms with Crippen LogP contribution in [0, 0.1) is 23.2 Å². The number of carbonyl (C=O) groups is 2. The standard InChI is InChI=1S/C21H27NO4/c1-25-18-4-2-3-17(8-18)20(24)26-12-19(23)22-13-21-9-14-5-15(10-21)7-16(6-14)11-21/h2-4,8,14-16H,5-7,9-13H2,1H3,(H,22,23). The van der Waals surface area contributed by atoms with E-state index >= 15 is 0 Å². The van der Waals surface area contributed by atoms with Gasteiger partial charge in [-0.15, -0.1) is 0 Å². The monoisotopic (exact) mass is 357 g/mol. The highest BCUT2D eigenvalue weighted by Crippen LogP contribution is 2.59. The smallest absolute Gasteiger partial charge is 0.338 e. The fourth-order valence-corrected chi connectivity index (χ4v) is 5.81. The van der Waals surface area contributed by atoms with Crippen molar-refractivity contribution >= 4 is 11.9 Å². The molecule has 0 heterocycles. The number of nitrogens with one attached hydrogen (secondary N) is 1. The van der Waals surface area contributed by atoms with Crippen LogP contribution in [0.3, 0.4) is 0 Å². The van der Waals surface area contributed by atoms with Crippen molar-refractivity contribution in [3.63, 3.8) is 0 Å². The Morgan fingerprint density at radius 3 is 2.38 bits per heavy atom. The van der Waals surface area contributed by atoms with Crippen molar-refractivity contribution in [3.8, 4) is 5.75 Å². The van der Waals surface area contributed by atoms with Gasteiger partial charge < -0.3 is 14.8 Å². The summed E-state index contributed by atoms with van der Waals surface area (Å²) >= 11 is 0. The molecule has 0 aromatic heterocycles. The maximum absolute atomic E-state index is 12.2. The van der Waals surface area contributed by atoms with Crippen molar-refractivity contribution in [2.75, 3.05) is 20.3 Å². The molecule has 1 amide bonds. The third kappa shape index (κ3) is 3.57. The molecule has 4 aliphatic rings. The third-order valence-corrected chi connectivity index (χ3v) is 6.47. The van der Waals surface area contributed by atoms with Crippen LogP contribution in [-0.4, -0.2) is 32.1 Å². The van der Waals surface area contributed by atoms with Gasteiger partial charge in [-0.05, 0) is 79.9 Å². The Kier molecular flexibility index (Phi) is 4.63. The van der Waals surface area contributed by atoms with Crippen LogP contribution in [-0.2, 0) is 9.53 Å². The molecule has 0 radical (unpaired) electrons. The molecule has 4 bridgehead atoms. The molecule has 1 N–H and O–H groups in total. The van der Waals surface area contributed by atoms with Crippen molar-refractivity contribution < 1.29 is 19.1 Å². The molecule has 5 heteroatoms. The summed E-state index contributed by atoms with van der Waals surface area (Å²) in [5.41, 5.74) is 0.680. The maximum atomic E-state index is 12.2. The largest absolute Gasteiger partial charge is 0.497 e. The molecular weight excluding hydrogens is 330 g/mol. The summed E-state index contributed by atoms with van der Waals surface area (Å²) in [7, 11) is 1.54. The Hall–Kier alpha value is -2.04. The summed E-state index contributed by atoms with van der Waals surface area (Å²) in [5.74, 6) is 2.47. The average molecular weight is 357 g/mol. The lowest BCUT2D eigenvalue weighted by atomic mass is 9.49. The van der Waals surface area contributed by atoms with E-state index in [2.05, 4.69) is 5.32 Å². The maximum Gasteiger partial charge on any atom is 0.338 e. The second kappa shape index (κ2) is 6.93. The molecule has 0 spiro atoms. The lowest BCUT2D eigenvalue weighted by Crippen LogP contribution is -2.51. The first-order valence-electron chi connectivity index (χ1n) is 9.63. The van der Waals surface area contributed by atoms with Gasteiger partial charge in [0.1, 0.15) is 5.75 Å². The van der Waals surface area contributed by atoms with Crippen LogP contribution in [0.2, 0.25) is 0 Å². The van der Waals surface area contributed by atoms with Crippen molar-refractivity contribution in [1.29, 1.82) is 0 Å². The Bertz CT molecular complexity index is 664. The van der Waals surface area contributed by atoms with Gasteiger partial charge in [0.25, 0.3) is 5.91 Å². The highest BCUT2D eigenvalue weighted by atomic mass is 16.5. The molecule has 0 saturated heterocycles. The Balaban J connectivity index is 1.26. The SMILES string of the molecule is COc1cccc(C(=O)OCC(=O)NCC23CC4CC(CC(C4)C2)C3)c1. The Morgan fingerprint density at radius 1 is 1.12 bits per heavy atom. The van der Waals surface area contributed by atoms with E-state index in [-0.39, 0.29) is 12.5 Å². The second-order valence-corrected chi connectivity index (χ2v) is 8.50. The summed E-state index contributed by atoms with van der Waals surface area (Å²) in [4.78, 5) is 24.3. The van der Waals surface area contributed by atoms with Gasteiger partial charge in [0.05, 0.1) is 12.7 Å². The predicted molar refractivity (Wildman–Crippen MR) is 96.9 cm³/mol. The quantitative estimate of drug-likeness (QED) is 0.794. The number of amides is 1. The number of rotatable bonds is 6. The van der Waals surface area contributed by atoms with E-state index in [4.69, 9.17) is 9.47 Å². The lowest BCUT2D eigenvalue weighted by molar-refractivity contribution is -0.126. The first kappa shape index (κ1) is 17.4. The summed E-state index contributed by atoms with van der Waals surface area (Å²) in [5, 5.41) is 3.03.